The Kier molecular flexibility index (Phi) is 5.03. The Bertz CT molecular complexity index is 1530. The number of anilines is 1. The minimum atomic E-state index is -0.507. The van der Waals surface area contributed by atoms with Crippen LogP contribution in [0.15, 0.2) is 59.9 Å². The van der Waals surface area contributed by atoms with E-state index >= 15 is 0 Å². The molecule has 32 heavy (non-hydrogen) atoms. The van der Waals surface area contributed by atoms with Gasteiger partial charge in [0, 0.05) is 5.69 Å². The average Bonchev–Trinajstić information content (AvgIpc) is 3.25. The molecule has 0 aliphatic rings. The van der Waals surface area contributed by atoms with E-state index in [-0.39, 0.29) is 5.39 Å². The number of rotatable bonds is 4. The maximum absolute atomic E-state index is 13.9. The Hall–Kier alpha value is -3.49. The third-order valence-corrected chi connectivity index (χ3v) is 5.80. The van der Waals surface area contributed by atoms with E-state index in [1.165, 1.54) is 29.4 Å². The van der Waals surface area contributed by atoms with Gasteiger partial charge in [0.05, 0.1) is 33.5 Å². The summed E-state index contributed by atoms with van der Waals surface area (Å²) in [4.78, 5) is 29.1. The van der Waals surface area contributed by atoms with E-state index in [1.807, 2.05) is 6.92 Å². The second-order valence-corrected chi connectivity index (χ2v) is 8.02. The molecule has 3 heterocycles. The van der Waals surface area contributed by atoms with E-state index in [1.54, 1.807) is 30.3 Å². The van der Waals surface area contributed by atoms with Crippen molar-refractivity contribution < 1.29 is 4.39 Å². The number of nitrogens with one attached hydrogen (secondary N) is 2. The molecule has 2 N–H and O–H groups in total. The summed E-state index contributed by atoms with van der Waals surface area (Å²) in [5.41, 5.74) is 1.59. The summed E-state index contributed by atoms with van der Waals surface area (Å²) in [5.74, 6) is 0.0106. The molecular formula is C22H15Cl2FN6O. The number of halogens is 3. The summed E-state index contributed by atoms with van der Waals surface area (Å²) in [6.07, 6.45) is 2.93. The zero-order valence-corrected chi connectivity index (χ0v) is 18.1. The van der Waals surface area contributed by atoms with Crippen molar-refractivity contribution in [3.8, 4) is 5.69 Å². The lowest BCUT2D eigenvalue weighted by atomic mass is 10.1. The van der Waals surface area contributed by atoms with Crippen LogP contribution in [-0.4, -0.2) is 24.5 Å². The van der Waals surface area contributed by atoms with Gasteiger partial charge in [-0.1, -0.05) is 35.3 Å². The summed E-state index contributed by atoms with van der Waals surface area (Å²) >= 11 is 12.9. The Morgan fingerprint density at radius 1 is 1.09 bits per heavy atom. The maximum Gasteiger partial charge on any atom is 0.263 e. The summed E-state index contributed by atoms with van der Waals surface area (Å²) < 4.78 is 15.3. The van der Waals surface area contributed by atoms with Crippen LogP contribution in [0.1, 0.15) is 18.7 Å². The van der Waals surface area contributed by atoms with Crippen LogP contribution in [0.2, 0.25) is 10.0 Å². The number of hydrogen-bond acceptors (Lipinski definition) is 5. The largest absolute Gasteiger partial charge is 0.360 e. The number of nitrogens with zero attached hydrogens (tertiary/aromatic N) is 4. The van der Waals surface area contributed by atoms with Crippen LogP contribution in [-0.2, 0) is 0 Å². The lowest BCUT2D eigenvalue weighted by Crippen LogP contribution is -2.26. The number of hydrogen-bond donors (Lipinski definition) is 2. The van der Waals surface area contributed by atoms with Gasteiger partial charge in [-0.15, -0.1) is 0 Å². The fourth-order valence-corrected chi connectivity index (χ4v) is 4.27. The minimum absolute atomic E-state index is 0.218. The first kappa shape index (κ1) is 20.4. The molecule has 160 valence electrons. The molecule has 0 saturated carbocycles. The fraction of sp³-hybridized carbons (Fsp3) is 0.0909. The number of para-hydroxylation sites is 1. The highest BCUT2D eigenvalue weighted by Crippen LogP contribution is 2.32. The van der Waals surface area contributed by atoms with Gasteiger partial charge in [0.2, 0.25) is 0 Å². The molecule has 0 bridgehead atoms. The molecule has 0 spiro atoms. The van der Waals surface area contributed by atoms with Gasteiger partial charge in [0.15, 0.2) is 11.5 Å². The van der Waals surface area contributed by atoms with E-state index in [0.717, 1.165) is 0 Å². The van der Waals surface area contributed by atoms with Gasteiger partial charge in [-0.3, -0.25) is 9.36 Å². The Morgan fingerprint density at radius 2 is 1.88 bits per heavy atom. The first-order valence-corrected chi connectivity index (χ1v) is 10.4. The van der Waals surface area contributed by atoms with Crippen LogP contribution < -0.4 is 10.9 Å². The van der Waals surface area contributed by atoms with Crippen molar-refractivity contribution in [2.45, 2.75) is 13.0 Å². The van der Waals surface area contributed by atoms with Crippen LogP contribution in [0.4, 0.5) is 10.2 Å². The smallest absolute Gasteiger partial charge is 0.263 e. The lowest BCUT2D eigenvalue weighted by Gasteiger charge is -2.22. The molecule has 0 radical (unpaired) electrons. The molecule has 5 rings (SSSR count). The summed E-state index contributed by atoms with van der Waals surface area (Å²) in [5, 5.41) is 4.69. The summed E-state index contributed by atoms with van der Waals surface area (Å²) in [6, 6.07) is 10.4. The van der Waals surface area contributed by atoms with Crippen LogP contribution in [0.25, 0.3) is 27.6 Å². The second kappa shape index (κ2) is 7.89. The lowest BCUT2D eigenvalue weighted by molar-refractivity contribution is 0.629. The van der Waals surface area contributed by atoms with Crippen molar-refractivity contribution >= 4 is 51.0 Å². The van der Waals surface area contributed by atoms with Crippen molar-refractivity contribution in [3.63, 3.8) is 0 Å². The Labute approximate surface area is 190 Å². The van der Waals surface area contributed by atoms with E-state index in [2.05, 4.69) is 25.3 Å². The number of aromatic amines is 1. The third kappa shape index (κ3) is 3.37. The zero-order valence-electron chi connectivity index (χ0n) is 16.6. The highest BCUT2D eigenvalue weighted by Gasteiger charge is 2.21. The molecule has 0 unspecified atom stereocenters. The van der Waals surface area contributed by atoms with Crippen LogP contribution in [0.3, 0.4) is 0 Å². The standard InChI is InChI=1S/C22H15Cl2FN6O/c1-11(30-21-18-20(27-9-26-18)28-10-29-21)17-7-12-5-6-13(25)8-14(12)22(32)31(17)19-15(23)3-2-4-16(19)24/h2-11H,1H3,(H2,26,27,28,29,30)/t11-/m1/s1. The van der Waals surface area contributed by atoms with E-state index < -0.39 is 17.4 Å². The second-order valence-electron chi connectivity index (χ2n) is 7.20. The Morgan fingerprint density at radius 3 is 2.66 bits per heavy atom. The number of pyridine rings is 1. The van der Waals surface area contributed by atoms with Gasteiger partial charge in [-0.05, 0) is 42.6 Å². The van der Waals surface area contributed by atoms with Crippen LogP contribution in [0.5, 0.6) is 0 Å². The SMILES string of the molecule is C[C@@H](Nc1ncnc2nc[nH]c12)c1cc2ccc(F)cc2c(=O)n1-c1c(Cl)cccc1Cl. The molecule has 0 fully saturated rings. The van der Waals surface area contributed by atoms with Gasteiger partial charge in [-0.2, -0.15) is 0 Å². The molecule has 2 aromatic carbocycles. The summed E-state index contributed by atoms with van der Waals surface area (Å²) in [7, 11) is 0. The van der Waals surface area contributed by atoms with Gasteiger partial charge >= 0.3 is 0 Å². The average molecular weight is 469 g/mol. The predicted octanol–water partition coefficient (Wildman–Crippen LogP) is 5.28. The first-order chi connectivity index (χ1) is 15.4. The number of fused-ring (bicyclic) bond motifs is 2. The van der Waals surface area contributed by atoms with Gasteiger partial charge in [0.25, 0.3) is 5.56 Å². The normalized spacial score (nSPS) is 12.4. The third-order valence-electron chi connectivity index (χ3n) is 5.19. The van der Waals surface area contributed by atoms with Crippen LogP contribution >= 0.6 is 23.2 Å². The van der Waals surface area contributed by atoms with Gasteiger partial charge in [-0.25, -0.2) is 19.3 Å². The predicted molar refractivity (Wildman–Crippen MR) is 123 cm³/mol. The number of imidazole rings is 1. The summed E-state index contributed by atoms with van der Waals surface area (Å²) in [6.45, 7) is 1.87. The molecule has 5 aromatic rings. The minimum Gasteiger partial charge on any atom is -0.360 e. The van der Waals surface area contributed by atoms with Crippen molar-refractivity contribution in [2.75, 3.05) is 5.32 Å². The van der Waals surface area contributed by atoms with E-state index in [9.17, 15) is 9.18 Å². The molecule has 10 heteroatoms. The maximum atomic E-state index is 13.9. The number of aromatic nitrogens is 5. The highest BCUT2D eigenvalue weighted by molar-refractivity contribution is 6.37. The molecule has 0 aliphatic heterocycles. The van der Waals surface area contributed by atoms with Crippen LogP contribution in [0, 0.1) is 5.82 Å². The Balaban J connectivity index is 1.75. The van der Waals surface area contributed by atoms with Crippen molar-refractivity contribution in [1.29, 1.82) is 0 Å². The monoisotopic (exact) mass is 468 g/mol. The van der Waals surface area contributed by atoms with E-state index in [0.29, 0.717) is 43.8 Å². The topological polar surface area (TPSA) is 88.5 Å². The molecule has 0 amide bonds. The van der Waals surface area contributed by atoms with Crippen molar-refractivity contribution in [1.82, 2.24) is 24.5 Å². The molecular weight excluding hydrogens is 454 g/mol. The fourth-order valence-electron chi connectivity index (χ4n) is 3.71. The quantitative estimate of drug-likeness (QED) is 0.374. The van der Waals surface area contributed by atoms with Crippen molar-refractivity contribution in [2.24, 2.45) is 0 Å². The van der Waals surface area contributed by atoms with Gasteiger partial charge in [0.1, 0.15) is 17.7 Å². The van der Waals surface area contributed by atoms with Crippen molar-refractivity contribution in [3.05, 3.63) is 87.0 Å². The molecule has 3 aromatic heterocycles. The number of benzene rings is 2. The zero-order chi connectivity index (χ0) is 22.4. The first-order valence-electron chi connectivity index (χ1n) is 9.64. The molecule has 0 aliphatic carbocycles. The van der Waals surface area contributed by atoms with E-state index in [4.69, 9.17) is 23.2 Å². The number of H-pyrrole nitrogens is 1. The molecule has 7 nitrogen and oxygen atoms in total. The highest BCUT2D eigenvalue weighted by atomic mass is 35.5. The van der Waals surface area contributed by atoms with Gasteiger partial charge < -0.3 is 10.3 Å². The molecule has 0 saturated heterocycles. The molecule has 1 atom stereocenters.